The monoisotopic (exact) mass is 326 g/mol. The van der Waals surface area contributed by atoms with Crippen molar-refractivity contribution in [2.24, 2.45) is 0 Å². The maximum absolute atomic E-state index is 12.5. The summed E-state index contributed by atoms with van der Waals surface area (Å²) in [5, 5.41) is 10.6. The fourth-order valence-electron chi connectivity index (χ4n) is 2.79. The summed E-state index contributed by atoms with van der Waals surface area (Å²) in [7, 11) is 1.22. The summed E-state index contributed by atoms with van der Waals surface area (Å²) in [5.41, 5.74) is 0.248. The number of fused-ring (bicyclic) bond motifs is 1. The first-order valence-corrected chi connectivity index (χ1v) is 7.26. The van der Waals surface area contributed by atoms with Crippen LogP contribution in [-0.4, -0.2) is 29.8 Å². The molecule has 0 bridgehead atoms. The number of carbonyl (C=O) groups excluding carboxylic acids is 3. The number of carbonyl (C=O) groups is 3. The van der Waals surface area contributed by atoms with Crippen molar-refractivity contribution in [2.45, 2.75) is 12.3 Å². The Kier molecular flexibility index (Phi) is 4.04. The van der Waals surface area contributed by atoms with E-state index in [0.717, 1.165) is 0 Å². The number of furan rings is 1. The molecule has 0 aliphatic heterocycles. The lowest BCUT2D eigenvalue weighted by molar-refractivity contribution is -0.141. The molecule has 1 aromatic carbocycles. The van der Waals surface area contributed by atoms with Crippen molar-refractivity contribution in [1.82, 2.24) is 0 Å². The zero-order valence-corrected chi connectivity index (χ0v) is 12.8. The third-order valence-electron chi connectivity index (χ3n) is 3.97. The summed E-state index contributed by atoms with van der Waals surface area (Å²) in [4.78, 5) is 36.6. The maximum Gasteiger partial charge on any atom is 0.306 e. The van der Waals surface area contributed by atoms with Crippen LogP contribution in [-0.2, 0) is 14.3 Å². The Morgan fingerprint density at radius 1 is 1.12 bits per heavy atom. The third kappa shape index (κ3) is 2.52. The molecule has 122 valence electrons. The fourth-order valence-corrected chi connectivity index (χ4v) is 2.79. The highest BCUT2D eigenvalue weighted by Crippen LogP contribution is 2.38. The second-order valence-corrected chi connectivity index (χ2v) is 5.31. The zero-order chi connectivity index (χ0) is 17.3. The van der Waals surface area contributed by atoms with Crippen molar-refractivity contribution >= 4 is 23.3 Å². The number of aliphatic hydroxyl groups excluding tert-OH is 1. The second-order valence-electron chi connectivity index (χ2n) is 5.31. The van der Waals surface area contributed by atoms with E-state index in [-0.39, 0.29) is 28.9 Å². The van der Waals surface area contributed by atoms with Crippen LogP contribution in [0.5, 0.6) is 0 Å². The van der Waals surface area contributed by atoms with Crippen LogP contribution in [0.15, 0.2) is 52.7 Å². The Morgan fingerprint density at radius 3 is 2.46 bits per heavy atom. The number of methoxy groups -OCH3 is 1. The van der Waals surface area contributed by atoms with E-state index in [2.05, 4.69) is 4.74 Å². The lowest BCUT2D eigenvalue weighted by Crippen LogP contribution is -2.28. The molecule has 1 aliphatic rings. The summed E-state index contributed by atoms with van der Waals surface area (Å²) in [6.45, 7) is 0. The number of rotatable bonds is 4. The van der Waals surface area contributed by atoms with Gasteiger partial charge in [-0.1, -0.05) is 24.3 Å². The van der Waals surface area contributed by atoms with E-state index >= 15 is 0 Å². The average molecular weight is 326 g/mol. The van der Waals surface area contributed by atoms with Crippen molar-refractivity contribution in [3.05, 3.63) is 65.1 Å². The van der Waals surface area contributed by atoms with E-state index in [1.807, 2.05) is 0 Å². The molecule has 0 fully saturated rings. The van der Waals surface area contributed by atoms with Gasteiger partial charge in [0, 0.05) is 11.1 Å². The van der Waals surface area contributed by atoms with Gasteiger partial charge in [-0.25, -0.2) is 0 Å². The van der Waals surface area contributed by atoms with Crippen LogP contribution in [0.4, 0.5) is 0 Å². The fraction of sp³-hybridized carbons (Fsp3) is 0.167. The molecule has 0 saturated carbocycles. The Bertz CT molecular complexity index is 844. The molecule has 6 nitrogen and oxygen atoms in total. The molecule has 6 heteroatoms. The highest BCUT2D eigenvalue weighted by molar-refractivity contribution is 6.52. The van der Waals surface area contributed by atoms with Crippen LogP contribution >= 0.6 is 0 Å². The Hall–Kier alpha value is -3.15. The molecule has 0 saturated heterocycles. The third-order valence-corrected chi connectivity index (χ3v) is 3.97. The van der Waals surface area contributed by atoms with E-state index in [9.17, 15) is 19.5 Å². The van der Waals surface area contributed by atoms with Crippen LogP contribution in [0.2, 0.25) is 0 Å². The van der Waals surface area contributed by atoms with E-state index in [0.29, 0.717) is 5.76 Å². The standard InChI is InChI=1S/C18H14O6/c1-23-14(19)9-12(13-7-4-8-24-13)15-16(20)10-5-2-3-6-11(10)17(21)18(15)22/h2-8,12,20H,9H2,1H3. The second kappa shape index (κ2) is 6.16. The maximum atomic E-state index is 12.5. The predicted molar refractivity (Wildman–Crippen MR) is 83.4 cm³/mol. The van der Waals surface area contributed by atoms with Crippen LogP contribution < -0.4 is 0 Å². The van der Waals surface area contributed by atoms with Gasteiger partial charge in [-0.2, -0.15) is 0 Å². The average Bonchev–Trinajstić information content (AvgIpc) is 3.13. The lowest BCUT2D eigenvalue weighted by atomic mass is 9.80. The molecule has 1 heterocycles. The number of ether oxygens (including phenoxy) is 1. The summed E-state index contributed by atoms with van der Waals surface area (Å²) in [5.74, 6) is -3.09. The first-order valence-electron chi connectivity index (χ1n) is 7.26. The predicted octanol–water partition coefficient (Wildman–Crippen LogP) is 2.66. The Balaban J connectivity index is 2.17. The first kappa shape index (κ1) is 15.7. The summed E-state index contributed by atoms with van der Waals surface area (Å²) in [6.07, 6.45) is 1.16. The highest BCUT2D eigenvalue weighted by atomic mass is 16.5. The number of Topliss-reactive ketones (excluding diaryl/α,β-unsaturated/α-hetero) is 2. The first-order chi connectivity index (χ1) is 11.5. The molecular formula is C18H14O6. The highest BCUT2D eigenvalue weighted by Gasteiger charge is 2.39. The topological polar surface area (TPSA) is 93.8 Å². The van der Waals surface area contributed by atoms with Crippen LogP contribution in [0.25, 0.3) is 5.76 Å². The molecule has 3 rings (SSSR count). The molecule has 0 amide bonds. The van der Waals surface area contributed by atoms with Crippen molar-refractivity contribution in [2.75, 3.05) is 7.11 Å². The van der Waals surface area contributed by atoms with E-state index in [1.165, 1.54) is 19.4 Å². The van der Waals surface area contributed by atoms with Gasteiger partial charge in [0.1, 0.15) is 11.5 Å². The quantitative estimate of drug-likeness (QED) is 0.686. The minimum atomic E-state index is -0.905. The largest absolute Gasteiger partial charge is 0.507 e. The molecule has 0 spiro atoms. The zero-order valence-electron chi connectivity index (χ0n) is 12.8. The van der Waals surface area contributed by atoms with E-state index < -0.39 is 23.5 Å². The number of allylic oxidation sites excluding steroid dienone is 1. The normalized spacial score (nSPS) is 15.2. The number of benzene rings is 1. The van der Waals surface area contributed by atoms with Crippen LogP contribution in [0.1, 0.15) is 34.0 Å². The minimum Gasteiger partial charge on any atom is -0.507 e. The summed E-state index contributed by atoms with van der Waals surface area (Å²) >= 11 is 0. The molecular weight excluding hydrogens is 312 g/mol. The van der Waals surface area contributed by atoms with Gasteiger partial charge in [-0.05, 0) is 12.1 Å². The molecule has 1 aromatic heterocycles. The van der Waals surface area contributed by atoms with Gasteiger partial charge in [0.05, 0.1) is 31.3 Å². The molecule has 1 N–H and O–H groups in total. The van der Waals surface area contributed by atoms with Crippen LogP contribution in [0, 0.1) is 0 Å². The molecule has 1 aliphatic carbocycles. The van der Waals surface area contributed by atoms with Gasteiger partial charge in [0.2, 0.25) is 11.6 Å². The van der Waals surface area contributed by atoms with Gasteiger partial charge < -0.3 is 14.3 Å². The molecule has 1 unspecified atom stereocenters. The number of hydrogen-bond acceptors (Lipinski definition) is 6. The van der Waals surface area contributed by atoms with Gasteiger partial charge in [0.25, 0.3) is 0 Å². The van der Waals surface area contributed by atoms with Gasteiger partial charge >= 0.3 is 5.97 Å². The molecule has 0 radical (unpaired) electrons. The molecule has 24 heavy (non-hydrogen) atoms. The van der Waals surface area contributed by atoms with Crippen molar-refractivity contribution < 1.29 is 28.6 Å². The SMILES string of the molecule is COC(=O)CC(C1=C(O)c2ccccc2C(=O)C1=O)c1ccco1. The molecule has 2 aromatic rings. The smallest absolute Gasteiger partial charge is 0.306 e. The van der Waals surface area contributed by atoms with Gasteiger partial charge in [-0.15, -0.1) is 0 Å². The van der Waals surface area contributed by atoms with Crippen molar-refractivity contribution in [3.63, 3.8) is 0 Å². The van der Waals surface area contributed by atoms with Gasteiger partial charge in [0.15, 0.2) is 0 Å². The number of aliphatic hydroxyl groups is 1. The summed E-state index contributed by atoms with van der Waals surface area (Å²) in [6, 6.07) is 9.46. The number of esters is 1. The van der Waals surface area contributed by atoms with E-state index in [1.54, 1.807) is 30.3 Å². The Labute approximate surface area is 137 Å². The van der Waals surface area contributed by atoms with Gasteiger partial charge in [-0.3, -0.25) is 14.4 Å². The Morgan fingerprint density at radius 2 is 1.83 bits per heavy atom. The lowest BCUT2D eigenvalue weighted by Gasteiger charge is -2.22. The molecule has 1 atom stereocenters. The minimum absolute atomic E-state index is 0.139. The number of hydrogen-bond donors (Lipinski definition) is 1. The number of ketones is 2. The van der Waals surface area contributed by atoms with E-state index in [4.69, 9.17) is 4.42 Å². The van der Waals surface area contributed by atoms with Crippen LogP contribution in [0.3, 0.4) is 0 Å². The summed E-state index contributed by atoms with van der Waals surface area (Å²) < 4.78 is 9.95. The van der Waals surface area contributed by atoms with Crippen molar-refractivity contribution in [3.8, 4) is 0 Å². The van der Waals surface area contributed by atoms with Crippen molar-refractivity contribution in [1.29, 1.82) is 0 Å².